The molecule has 0 amide bonds. The van der Waals surface area contributed by atoms with Gasteiger partial charge in [-0.1, -0.05) is 30.0 Å². The van der Waals surface area contributed by atoms with E-state index in [0.29, 0.717) is 0 Å². The van der Waals surface area contributed by atoms with E-state index in [-0.39, 0.29) is 0 Å². The Balaban J connectivity index is 2.34. The molecule has 0 radical (unpaired) electrons. The van der Waals surface area contributed by atoms with Gasteiger partial charge in [-0.25, -0.2) is 4.98 Å². The van der Waals surface area contributed by atoms with Crippen molar-refractivity contribution in [3.05, 3.63) is 52.6 Å². The summed E-state index contributed by atoms with van der Waals surface area (Å²) in [6.45, 7) is 1.77. The first kappa shape index (κ1) is 12.6. The highest BCUT2D eigenvalue weighted by molar-refractivity contribution is 9.10. The van der Waals surface area contributed by atoms with Crippen LogP contribution < -0.4 is 0 Å². The molecule has 0 bridgehead atoms. The van der Waals surface area contributed by atoms with E-state index in [1.54, 1.807) is 24.9 Å². The zero-order chi connectivity index (χ0) is 12.3. The molecule has 17 heavy (non-hydrogen) atoms. The summed E-state index contributed by atoms with van der Waals surface area (Å²) in [6.07, 6.45) is 1.29. The Labute approximate surface area is 113 Å². The second-order valence-electron chi connectivity index (χ2n) is 3.61. The summed E-state index contributed by atoms with van der Waals surface area (Å²) in [6, 6.07) is 11.7. The minimum atomic E-state index is -0.471. The molecule has 1 aromatic heterocycles. The second-order valence-corrected chi connectivity index (χ2v) is 5.49. The van der Waals surface area contributed by atoms with Crippen LogP contribution in [0.2, 0.25) is 0 Å². The van der Waals surface area contributed by atoms with Crippen LogP contribution in [0.5, 0.6) is 0 Å². The molecule has 2 nitrogen and oxygen atoms in total. The molecule has 4 heteroatoms. The van der Waals surface area contributed by atoms with Crippen molar-refractivity contribution in [2.24, 2.45) is 0 Å². The van der Waals surface area contributed by atoms with Crippen LogP contribution in [-0.4, -0.2) is 10.1 Å². The molecule has 0 fully saturated rings. The van der Waals surface area contributed by atoms with E-state index < -0.39 is 6.10 Å². The molecule has 0 unspecified atom stereocenters. The summed E-state index contributed by atoms with van der Waals surface area (Å²) in [4.78, 5) is 5.34. The van der Waals surface area contributed by atoms with Crippen LogP contribution in [0.4, 0.5) is 0 Å². The van der Waals surface area contributed by atoms with Gasteiger partial charge in [0.05, 0.1) is 10.6 Å². The highest BCUT2D eigenvalue weighted by Gasteiger charge is 2.10. The molecule has 2 aromatic rings. The number of rotatable bonds is 3. The Morgan fingerprint density at radius 2 is 2.00 bits per heavy atom. The first-order valence-electron chi connectivity index (χ1n) is 5.24. The number of pyridine rings is 1. The minimum absolute atomic E-state index is 0.471. The number of aromatic nitrogens is 1. The van der Waals surface area contributed by atoms with Gasteiger partial charge in [-0.05, 0) is 46.6 Å². The molecule has 1 heterocycles. The molecule has 0 saturated heterocycles. The van der Waals surface area contributed by atoms with E-state index >= 15 is 0 Å². The highest BCUT2D eigenvalue weighted by atomic mass is 79.9. The molecule has 0 aliphatic heterocycles. The summed E-state index contributed by atoms with van der Waals surface area (Å²) in [5.74, 6) is 0. The lowest BCUT2D eigenvalue weighted by molar-refractivity contribution is 0.196. The van der Waals surface area contributed by atoms with E-state index in [1.807, 2.05) is 36.4 Å². The van der Waals surface area contributed by atoms with Crippen molar-refractivity contribution < 1.29 is 5.11 Å². The topological polar surface area (TPSA) is 33.1 Å². The molecule has 0 aliphatic rings. The number of benzene rings is 1. The highest BCUT2D eigenvalue weighted by Crippen LogP contribution is 2.35. The summed E-state index contributed by atoms with van der Waals surface area (Å²) in [7, 11) is 0. The van der Waals surface area contributed by atoms with Gasteiger partial charge in [0.15, 0.2) is 0 Å². The maximum absolute atomic E-state index is 9.71. The van der Waals surface area contributed by atoms with Gasteiger partial charge in [-0.3, -0.25) is 0 Å². The first-order chi connectivity index (χ1) is 8.18. The van der Waals surface area contributed by atoms with Crippen LogP contribution >= 0.6 is 27.7 Å². The maximum atomic E-state index is 9.71. The van der Waals surface area contributed by atoms with E-state index in [1.165, 1.54) is 0 Å². The third kappa shape index (κ3) is 3.09. The Morgan fingerprint density at radius 1 is 1.24 bits per heavy atom. The molecule has 1 N–H and O–H groups in total. The average molecular weight is 310 g/mol. The number of hydrogen-bond donors (Lipinski definition) is 1. The molecule has 0 aliphatic carbocycles. The van der Waals surface area contributed by atoms with Crippen LogP contribution in [0.15, 0.2) is 57.0 Å². The molecule has 88 valence electrons. The number of aliphatic hydroxyl groups is 1. The van der Waals surface area contributed by atoms with Crippen molar-refractivity contribution in [1.82, 2.24) is 4.98 Å². The van der Waals surface area contributed by atoms with E-state index in [2.05, 4.69) is 20.9 Å². The van der Waals surface area contributed by atoms with Gasteiger partial charge < -0.3 is 5.11 Å². The van der Waals surface area contributed by atoms with Gasteiger partial charge in [0.1, 0.15) is 5.03 Å². The van der Waals surface area contributed by atoms with E-state index in [0.717, 1.165) is 20.0 Å². The quantitative estimate of drug-likeness (QED) is 0.928. The number of aliphatic hydroxyl groups excluding tert-OH is 1. The summed E-state index contributed by atoms with van der Waals surface area (Å²) >= 11 is 5.02. The summed E-state index contributed by atoms with van der Waals surface area (Å²) < 4.78 is 0.963. The minimum Gasteiger partial charge on any atom is -0.389 e. The third-order valence-electron chi connectivity index (χ3n) is 2.30. The molecule has 2 rings (SSSR count). The van der Waals surface area contributed by atoms with E-state index in [4.69, 9.17) is 0 Å². The average Bonchev–Trinajstić information content (AvgIpc) is 2.32. The molecular formula is C13H12BrNOS. The van der Waals surface area contributed by atoms with Gasteiger partial charge in [-0.15, -0.1) is 0 Å². The van der Waals surface area contributed by atoms with E-state index in [9.17, 15) is 5.11 Å². The summed E-state index contributed by atoms with van der Waals surface area (Å²) in [5, 5.41) is 10.6. The monoisotopic (exact) mass is 309 g/mol. The molecule has 1 aromatic carbocycles. The lowest BCUT2D eigenvalue weighted by Crippen LogP contribution is -1.93. The van der Waals surface area contributed by atoms with Crippen LogP contribution in [0.1, 0.15) is 18.6 Å². The number of halogens is 1. The predicted octanol–water partition coefficient (Wildman–Crippen LogP) is 4.05. The Bertz CT molecular complexity index is 516. The first-order valence-corrected chi connectivity index (χ1v) is 6.85. The van der Waals surface area contributed by atoms with Crippen LogP contribution in [0, 0.1) is 0 Å². The second kappa shape index (κ2) is 5.67. The normalized spacial score (nSPS) is 12.4. The van der Waals surface area contributed by atoms with Gasteiger partial charge in [0, 0.05) is 11.1 Å². The molecule has 0 spiro atoms. The lowest BCUT2D eigenvalue weighted by Gasteiger charge is -2.11. The Hall–Kier alpha value is -0.840. The maximum Gasteiger partial charge on any atom is 0.115 e. The largest absolute Gasteiger partial charge is 0.389 e. The predicted molar refractivity (Wildman–Crippen MR) is 73.1 cm³/mol. The molecular weight excluding hydrogens is 298 g/mol. The zero-order valence-electron chi connectivity index (χ0n) is 9.30. The van der Waals surface area contributed by atoms with Gasteiger partial charge in [-0.2, -0.15) is 0 Å². The van der Waals surface area contributed by atoms with Crippen molar-refractivity contribution in [2.75, 3.05) is 0 Å². The molecule has 1 atom stereocenters. The SMILES string of the molecule is C[C@@H](O)c1ccccc1Sc1ncccc1Br. The zero-order valence-corrected chi connectivity index (χ0v) is 11.7. The number of nitrogens with zero attached hydrogens (tertiary/aromatic N) is 1. The van der Waals surface area contributed by atoms with Gasteiger partial charge >= 0.3 is 0 Å². The van der Waals surface area contributed by atoms with Crippen LogP contribution in [0.25, 0.3) is 0 Å². The van der Waals surface area contributed by atoms with Crippen molar-refractivity contribution in [1.29, 1.82) is 0 Å². The number of hydrogen-bond acceptors (Lipinski definition) is 3. The Kier molecular flexibility index (Phi) is 4.20. The van der Waals surface area contributed by atoms with Crippen LogP contribution in [-0.2, 0) is 0 Å². The van der Waals surface area contributed by atoms with Gasteiger partial charge in [0.25, 0.3) is 0 Å². The fourth-order valence-electron chi connectivity index (χ4n) is 1.47. The van der Waals surface area contributed by atoms with Crippen LogP contribution in [0.3, 0.4) is 0 Å². The molecule has 0 saturated carbocycles. The lowest BCUT2D eigenvalue weighted by atomic mass is 10.1. The fraction of sp³-hybridized carbons (Fsp3) is 0.154. The van der Waals surface area contributed by atoms with Crippen molar-refractivity contribution in [3.63, 3.8) is 0 Å². The van der Waals surface area contributed by atoms with Crippen molar-refractivity contribution in [2.45, 2.75) is 22.9 Å². The smallest absolute Gasteiger partial charge is 0.115 e. The Morgan fingerprint density at radius 3 is 2.71 bits per heavy atom. The van der Waals surface area contributed by atoms with Crippen molar-refractivity contribution in [3.8, 4) is 0 Å². The summed E-state index contributed by atoms with van der Waals surface area (Å²) in [5.41, 5.74) is 0.926. The third-order valence-corrected chi connectivity index (χ3v) is 4.31. The fourth-order valence-corrected chi connectivity index (χ4v) is 2.96. The van der Waals surface area contributed by atoms with Crippen molar-refractivity contribution >= 4 is 27.7 Å². The standard InChI is InChI=1S/C13H12BrNOS/c1-9(16)10-5-2-3-7-12(10)17-13-11(14)6-4-8-15-13/h2-9,16H,1H3/t9-/m1/s1. The van der Waals surface area contributed by atoms with Gasteiger partial charge in [0.2, 0.25) is 0 Å².